The van der Waals surface area contributed by atoms with E-state index in [-0.39, 0.29) is 18.0 Å². The Labute approximate surface area is 167 Å². The zero-order valence-electron chi connectivity index (χ0n) is 16.6. The molecule has 0 aliphatic heterocycles. The summed E-state index contributed by atoms with van der Waals surface area (Å²) >= 11 is 0. The molecule has 7 nitrogen and oxygen atoms in total. The maximum absolute atomic E-state index is 12.9. The van der Waals surface area contributed by atoms with Gasteiger partial charge in [0.25, 0.3) is 5.56 Å². The van der Waals surface area contributed by atoms with Crippen LogP contribution in [0.1, 0.15) is 17.0 Å². The van der Waals surface area contributed by atoms with E-state index in [9.17, 15) is 9.59 Å². The smallest absolute Gasteiger partial charge is 0.291 e. The molecular weight excluding hydrogens is 368 g/mol. The summed E-state index contributed by atoms with van der Waals surface area (Å²) in [5.74, 6) is 1.10. The van der Waals surface area contributed by atoms with Crippen LogP contribution in [0.5, 0.6) is 5.75 Å². The minimum absolute atomic E-state index is 0.138. The van der Waals surface area contributed by atoms with Crippen molar-refractivity contribution < 1.29 is 9.53 Å². The van der Waals surface area contributed by atoms with Gasteiger partial charge in [-0.1, -0.05) is 23.8 Å². The molecule has 4 rings (SSSR count). The van der Waals surface area contributed by atoms with Gasteiger partial charge in [0.15, 0.2) is 0 Å². The van der Waals surface area contributed by atoms with E-state index in [4.69, 9.17) is 4.74 Å². The summed E-state index contributed by atoms with van der Waals surface area (Å²) in [6, 6.07) is 15.3. The molecule has 0 atom stereocenters. The molecule has 0 aliphatic carbocycles. The third-order valence-electron chi connectivity index (χ3n) is 4.92. The Kier molecular flexibility index (Phi) is 4.80. The highest BCUT2D eigenvalue weighted by Crippen LogP contribution is 2.20. The van der Waals surface area contributed by atoms with Crippen molar-refractivity contribution in [3.05, 3.63) is 75.8 Å². The van der Waals surface area contributed by atoms with Crippen LogP contribution >= 0.6 is 0 Å². The number of nitrogens with one attached hydrogen (secondary N) is 1. The lowest BCUT2D eigenvalue weighted by Gasteiger charge is -2.10. The van der Waals surface area contributed by atoms with Crippen molar-refractivity contribution in [2.45, 2.75) is 26.9 Å². The summed E-state index contributed by atoms with van der Waals surface area (Å²) in [5, 5.41) is 8.16. The van der Waals surface area contributed by atoms with Gasteiger partial charge in [0.05, 0.1) is 12.6 Å². The standard InChI is InChI=1S/C22H22N4O3/c1-14-7-8-19-17(9-14)11-20-22(28)25(24-15(2)26(19)20)13-21(27)23-12-16-5-4-6-18(10-16)29-3/h4-11H,12-13H2,1-3H3,(H,23,27). The normalized spacial score (nSPS) is 11.1. The summed E-state index contributed by atoms with van der Waals surface area (Å²) in [6.45, 7) is 4.05. The van der Waals surface area contributed by atoms with E-state index < -0.39 is 0 Å². The Morgan fingerprint density at radius 2 is 1.93 bits per heavy atom. The molecule has 0 saturated carbocycles. The highest BCUT2D eigenvalue weighted by Gasteiger charge is 2.14. The molecule has 0 bridgehead atoms. The fourth-order valence-corrected chi connectivity index (χ4v) is 3.52. The van der Waals surface area contributed by atoms with Crippen molar-refractivity contribution in [3.63, 3.8) is 0 Å². The van der Waals surface area contributed by atoms with Gasteiger partial charge in [0.2, 0.25) is 5.91 Å². The largest absolute Gasteiger partial charge is 0.497 e. The predicted octanol–water partition coefficient (Wildman–Crippen LogP) is 2.59. The summed E-state index contributed by atoms with van der Waals surface area (Å²) in [4.78, 5) is 25.3. The van der Waals surface area contributed by atoms with Crippen molar-refractivity contribution in [2.24, 2.45) is 0 Å². The number of rotatable bonds is 5. The van der Waals surface area contributed by atoms with Gasteiger partial charge in [-0.05, 0) is 49.7 Å². The first kappa shape index (κ1) is 18.7. The van der Waals surface area contributed by atoms with E-state index in [1.807, 2.05) is 66.8 Å². The molecule has 2 aromatic carbocycles. The van der Waals surface area contributed by atoms with Crippen LogP contribution in [0.3, 0.4) is 0 Å². The molecule has 29 heavy (non-hydrogen) atoms. The molecule has 4 aromatic rings. The molecular formula is C22H22N4O3. The van der Waals surface area contributed by atoms with Crippen LogP contribution in [-0.4, -0.2) is 27.2 Å². The van der Waals surface area contributed by atoms with Crippen LogP contribution in [0.15, 0.2) is 53.3 Å². The summed E-state index contributed by atoms with van der Waals surface area (Å²) in [7, 11) is 1.60. The van der Waals surface area contributed by atoms with Gasteiger partial charge in [0.1, 0.15) is 23.6 Å². The molecule has 0 spiro atoms. The quantitative estimate of drug-likeness (QED) is 0.568. The average molecular weight is 390 g/mol. The number of aromatic nitrogens is 3. The molecule has 1 N–H and O–H groups in total. The number of amides is 1. The molecule has 7 heteroatoms. The monoisotopic (exact) mass is 390 g/mol. The lowest BCUT2D eigenvalue weighted by Crippen LogP contribution is -2.34. The van der Waals surface area contributed by atoms with Crippen LogP contribution in [0.2, 0.25) is 0 Å². The van der Waals surface area contributed by atoms with E-state index in [1.165, 1.54) is 4.68 Å². The van der Waals surface area contributed by atoms with Crippen LogP contribution < -0.4 is 15.6 Å². The number of ether oxygens (including phenoxy) is 1. The summed E-state index contributed by atoms with van der Waals surface area (Å²) in [5.41, 5.74) is 3.19. The Balaban J connectivity index is 1.59. The van der Waals surface area contributed by atoms with Crippen molar-refractivity contribution in [3.8, 4) is 5.75 Å². The van der Waals surface area contributed by atoms with E-state index >= 15 is 0 Å². The Hall–Kier alpha value is -3.61. The second kappa shape index (κ2) is 7.43. The van der Waals surface area contributed by atoms with Crippen LogP contribution in [0.25, 0.3) is 16.4 Å². The number of hydrogen-bond acceptors (Lipinski definition) is 4. The zero-order chi connectivity index (χ0) is 20.5. The number of carbonyl (C=O) groups is 1. The Bertz CT molecular complexity index is 1290. The predicted molar refractivity (Wildman–Crippen MR) is 111 cm³/mol. The lowest BCUT2D eigenvalue weighted by molar-refractivity contribution is -0.122. The maximum atomic E-state index is 12.9. The third-order valence-corrected chi connectivity index (χ3v) is 4.92. The first-order valence-electron chi connectivity index (χ1n) is 9.35. The van der Waals surface area contributed by atoms with Crippen molar-refractivity contribution in [1.82, 2.24) is 19.5 Å². The number of carbonyl (C=O) groups excluding carboxylic acids is 1. The van der Waals surface area contributed by atoms with Gasteiger partial charge in [-0.3, -0.25) is 14.0 Å². The van der Waals surface area contributed by atoms with Gasteiger partial charge in [-0.25, -0.2) is 4.68 Å². The molecule has 2 heterocycles. The van der Waals surface area contributed by atoms with E-state index in [0.717, 1.165) is 27.8 Å². The maximum Gasteiger partial charge on any atom is 0.291 e. The minimum Gasteiger partial charge on any atom is -0.497 e. The molecule has 2 aromatic heterocycles. The topological polar surface area (TPSA) is 77.6 Å². The Morgan fingerprint density at radius 3 is 2.72 bits per heavy atom. The SMILES string of the molecule is COc1cccc(CNC(=O)Cn2nc(C)n3c(cc4cc(C)ccc43)c2=O)c1. The van der Waals surface area contributed by atoms with Crippen molar-refractivity contribution in [1.29, 1.82) is 0 Å². The lowest BCUT2D eigenvalue weighted by atomic mass is 10.2. The van der Waals surface area contributed by atoms with Crippen LogP contribution in [0.4, 0.5) is 0 Å². The van der Waals surface area contributed by atoms with Gasteiger partial charge < -0.3 is 10.1 Å². The van der Waals surface area contributed by atoms with Crippen molar-refractivity contribution in [2.75, 3.05) is 7.11 Å². The summed E-state index contributed by atoms with van der Waals surface area (Å²) < 4.78 is 8.24. The second-order valence-electron chi connectivity index (χ2n) is 7.07. The van der Waals surface area contributed by atoms with Crippen LogP contribution in [0, 0.1) is 13.8 Å². The first-order chi connectivity index (χ1) is 14.0. The van der Waals surface area contributed by atoms with E-state index in [2.05, 4.69) is 10.4 Å². The molecule has 0 unspecified atom stereocenters. The summed E-state index contributed by atoms with van der Waals surface area (Å²) in [6.07, 6.45) is 0. The number of benzene rings is 2. The molecule has 0 saturated heterocycles. The zero-order valence-corrected chi connectivity index (χ0v) is 16.6. The van der Waals surface area contributed by atoms with Gasteiger partial charge >= 0.3 is 0 Å². The number of fused-ring (bicyclic) bond motifs is 3. The van der Waals surface area contributed by atoms with Crippen molar-refractivity contribution >= 4 is 22.3 Å². The first-order valence-corrected chi connectivity index (χ1v) is 9.35. The fourth-order valence-electron chi connectivity index (χ4n) is 3.52. The molecule has 148 valence electrons. The molecule has 0 radical (unpaired) electrons. The molecule has 1 amide bonds. The second-order valence-corrected chi connectivity index (χ2v) is 7.07. The van der Waals surface area contributed by atoms with Crippen LogP contribution in [-0.2, 0) is 17.9 Å². The van der Waals surface area contributed by atoms with Gasteiger partial charge in [-0.2, -0.15) is 5.10 Å². The minimum atomic E-state index is -0.291. The van der Waals surface area contributed by atoms with E-state index in [1.54, 1.807) is 7.11 Å². The fraction of sp³-hybridized carbons (Fsp3) is 0.227. The Morgan fingerprint density at radius 1 is 1.10 bits per heavy atom. The van der Waals surface area contributed by atoms with Gasteiger partial charge in [0, 0.05) is 11.9 Å². The number of nitrogens with zero attached hydrogens (tertiary/aromatic N) is 3. The number of aryl methyl sites for hydroxylation is 2. The highest BCUT2D eigenvalue weighted by molar-refractivity contribution is 5.87. The number of methoxy groups -OCH3 is 1. The van der Waals surface area contributed by atoms with Gasteiger partial charge in [-0.15, -0.1) is 0 Å². The molecule has 0 aliphatic rings. The third kappa shape index (κ3) is 3.59. The van der Waals surface area contributed by atoms with E-state index in [0.29, 0.717) is 17.9 Å². The molecule has 0 fully saturated rings. The highest BCUT2D eigenvalue weighted by atomic mass is 16.5. The average Bonchev–Trinajstić information content (AvgIpc) is 3.09. The number of hydrogen-bond donors (Lipinski definition) is 1.